The fourth-order valence-corrected chi connectivity index (χ4v) is 2.58. The molecule has 0 amide bonds. The van der Waals surface area contributed by atoms with E-state index in [0.29, 0.717) is 11.5 Å². The molecule has 1 unspecified atom stereocenters. The van der Waals surface area contributed by atoms with Gasteiger partial charge >= 0.3 is 5.69 Å². The van der Waals surface area contributed by atoms with E-state index in [9.17, 15) is 10.1 Å². The van der Waals surface area contributed by atoms with Gasteiger partial charge < -0.3 is 10.6 Å². The largest absolute Gasteiger partial charge is 0.368 e. The number of nitrogens with zero attached hydrogens (tertiary/aromatic N) is 4. The summed E-state index contributed by atoms with van der Waals surface area (Å²) in [6, 6.07) is 0.231. The Bertz CT molecular complexity index is 491. The number of aromatic nitrogens is 2. The van der Waals surface area contributed by atoms with Gasteiger partial charge in [-0.25, -0.2) is 4.98 Å². The van der Waals surface area contributed by atoms with Gasteiger partial charge in [0, 0.05) is 12.6 Å². The first-order valence-electron chi connectivity index (χ1n) is 6.56. The smallest absolute Gasteiger partial charge is 0.332 e. The van der Waals surface area contributed by atoms with Crippen molar-refractivity contribution in [3.63, 3.8) is 0 Å². The van der Waals surface area contributed by atoms with Gasteiger partial charge in [0.05, 0.1) is 4.92 Å². The van der Waals surface area contributed by atoms with Gasteiger partial charge in [0.15, 0.2) is 0 Å². The van der Waals surface area contributed by atoms with Gasteiger partial charge in [-0.15, -0.1) is 0 Å². The van der Waals surface area contributed by atoms with E-state index in [2.05, 4.69) is 16.9 Å². The average Bonchev–Trinajstić information content (AvgIpc) is 2.52. The lowest BCUT2D eigenvalue weighted by atomic mass is 10.1. The van der Waals surface area contributed by atoms with Crippen LogP contribution in [-0.4, -0.2) is 27.5 Å². The van der Waals surface area contributed by atoms with Crippen LogP contribution in [0.25, 0.3) is 0 Å². The van der Waals surface area contributed by atoms with Gasteiger partial charge in [-0.1, -0.05) is 12.8 Å². The molecule has 1 aliphatic rings. The second kappa shape index (κ2) is 5.38. The van der Waals surface area contributed by atoms with Gasteiger partial charge in [0.25, 0.3) is 0 Å². The maximum atomic E-state index is 11.2. The predicted octanol–water partition coefficient (Wildman–Crippen LogP) is 2.04. The standard InChI is InChI=1S/C12H19N5O2/c1-8-6-4-3-5-7-16(8)11-10(17(18)19)9(2)14-12(13)15-11/h8H,3-7H2,1-2H3,(H2,13,14,15). The van der Waals surface area contributed by atoms with Crippen LogP contribution in [0.2, 0.25) is 0 Å². The van der Waals surface area contributed by atoms with Crippen molar-refractivity contribution < 1.29 is 4.92 Å². The van der Waals surface area contributed by atoms with E-state index in [1.54, 1.807) is 6.92 Å². The molecule has 1 aromatic rings. The summed E-state index contributed by atoms with van der Waals surface area (Å²) in [5, 5.41) is 11.2. The SMILES string of the molecule is Cc1nc(N)nc(N2CCCCCC2C)c1[N+](=O)[O-]. The normalized spacial score (nSPS) is 20.1. The Morgan fingerprint density at radius 3 is 2.79 bits per heavy atom. The molecule has 7 heteroatoms. The first-order chi connectivity index (χ1) is 9.00. The topological polar surface area (TPSA) is 98.2 Å². The molecule has 0 aliphatic carbocycles. The molecule has 1 saturated heterocycles. The fraction of sp³-hybridized carbons (Fsp3) is 0.667. The van der Waals surface area contributed by atoms with Crippen LogP contribution in [0.15, 0.2) is 0 Å². The highest BCUT2D eigenvalue weighted by Gasteiger charge is 2.29. The molecule has 0 radical (unpaired) electrons. The molecular weight excluding hydrogens is 246 g/mol. The minimum atomic E-state index is -0.415. The van der Waals surface area contributed by atoms with E-state index in [1.165, 1.54) is 0 Å². The zero-order valence-electron chi connectivity index (χ0n) is 11.3. The van der Waals surface area contributed by atoms with Crippen molar-refractivity contribution in [3.8, 4) is 0 Å². The van der Waals surface area contributed by atoms with Crippen molar-refractivity contribution in [2.75, 3.05) is 17.2 Å². The van der Waals surface area contributed by atoms with E-state index in [-0.39, 0.29) is 17.7 Å². The molecular formula is C12H19N5O2. The number of nitro groups is 1. The van der Waals surface area contributed by atoms with Gasteiger partial charge in [-0.3, -0.25) is 10.1 Å². The Morgan fingerprint density at radius 1 is 1.37 bits per heavy atom. The van der Waals surface area contributed by atoms with Crippen LogP contribution in [0.3, 0.4) is 0 Å². The van der Waals surface area contributed by atoms with Gasteiger partial charge in [0.1, 0.15) is 5.69 Å². The van der Waals surface area contributed by atoms with E-state index >= 15 is 0 Å². The zero-order valence-corrected chi connectivity index (χ0v) is 11.3. The number of nitrogen functional groups attached to an aromatic ring is 1. The first kappa shape index (κ1) is 13.5. The van der Waals surface area contributed by atoms with Crippen LogP contribution >= 0.6 is 0 Å². The van der Waals surface area contributed by atoms with Crippen molar-refractivity contribution in [2.45, 2.75) is 45.6 Å². The maximum absolute atomic E-state index is 11.2. The van der Waals surface area contributed by atoms with Crippen LogP contribution in [0.1, 0.15) is 38.3 Å². The fourth-order valence-electron chi connectivity index (χ4n) is 2.58. The Labute approximate surface area is 112 Å². The monoisotopic (exact) mass is 265 g/mol. The van der Waals surface area contributed by atoms with Gasteiger partial charge in [0.2, 0.25) is 11.8 Å². The summed E-state index contributed by atoms with van der Waals surface area (Å²) in [5.74, 6) is 0.457. The highest BCUT2D eigenvalue weighted by atomic mass is 16.6. The summed E-state index contributed by atoms with van der Waals surface area (Å²) in [7, 11) is 0. The van der Waals surface area contributed by atoms with Crippen molar-refractivity contribution >= 4 is 17.5 Å². The lowest BCUT2D eigenvalue weighted by Gasteiger charge is -2.28. The van der Waals surface area contributed by atoms with E-state index in [4.69, 9.17) is 5.73 Å². The molecule has 2 rings (SSSR count). The first-order valence-corrected chi connectivity index (χ1v) is 6.56. The van der Waals surface area contributed by atoms with E-state index in [1.807, 2.05) is 4.90 Å². The molecule has 2 N–H and O–H groups in total. The Kier molecular flexibility index (Phi) is 3.82. The second-order valence-corrected chi connectivity index (χ2v) is 4.99. The van der Waals surface area contributed by atoms with Crippen molar-refractivity contribution in [1.29, 1.82) is 0 Å². The molecule has 1 fully saturated rings. The third kappa shape index (κ3) is 2.74. The Hall–Kier alpha value is -1.92. The molecule has 1 aliphatic heterocycles. The van der Waals surface area contributed by atoms with Crippen LogP contribution in [0, 0.1) is 17.0 Å². The maximum Gasteiger partial charge on any atom is 0.332 e. The summed E-state index contributed by atoms with van der Waals surface area (Å²) >= 11 is 0. The van der Waals surface area contributed by atoms with E-state index < -0.39 is 4.92 Å². The second-order valence-electron chi connectivity index (χ2n) is 4.99. The molecule has 0 spiro atoms. The van der Waals surface area contributed by atoms with Crippen molar-refractivity contribution in [2.24, 2.45) is 0 Å². The lowest BCUT2D eigenvalue weighted by molar-refractivity contribution is -0.385. The van der Waals surface area contributed by atoms with Crippen LogP contribution in [0.4, 0.5) is 17.5 Å². The molecule has 19 heavy (non-hydrogen) atoms. The number of aryl methyl sites for hydroxylation is 1. The highest BCUT2D eigenvalue weighted by Crippen LogP contribution is 2.32. The molecule has 0 aromatic carbocycles. The van der Waals surface area contributed by atoms with Crippen molar-refractivity contribution in [1.82, 2.24) is 9.97 Å². The third-order valence-corrected chi connectivity index (χ3v) is 3.56. The highest BCUT2D eigenvalue weighted by molar-refractivity contribution is 5.62. The lowest BCUT2D eigenvalue weighted by Crippen LogP contribution is -2.34. The van der Waals surface area contributed by atoms with E-state index in [0.717, 1.165) is 32.2 Å². The van der Waals surface area contributed by atoms with Gasteiger partial charge in [-0.2, -0.15) is 4.98 Å². The summed E-state index contributed by atoms with van der Waals surface area (Å²) < 4.78 is 0. The summed E-state index contributed by atoms with van der Waals surface area (Å²) in [6.07, 6.45) is 4.32. The molecule has 0 saturated carbocycles. The minimum absolute atomic E-state index is 0.0250. The predicted molar refractivity (Wildman–Crippen MR) is 73.1 cm³/mol. The number of hydrogen-bond donors (Lipinski definition) is 1. The van der Waals surface area contributed by atoms with Crippen molar-refractivity contribution in [3.05, 3.63) is 15.8 Å². The molecule has 1 aromatic heterocycles. The number of hydrogen-bond acceptors (Lipinski definition) is 6. The molecule has 104 valence electrons. The van der Waals surface area contributed by atoms with Crippen LogP contribution in [-0.2, 0) is 0 Å². The average molecular weight is 265 g/mol. The molecule has 1 atom stereocenters. The Balaban J connectivity index is 2.49. The Morgan fingerprint density at radius 2 is 2.11 bits per heavy atom. The number of anilines is 2. The number of rotatable bonds is 2. The number of nitrogens with two attached hydrogens (primary N) is 1. The van der Waals surface area contributed by atoms with Crippen LogP contribution in [0.5, 0.6) is 0 Å². The zero-order chi connectivity index (χ0) is 14.0. The molecule has 0 bridgehead atoms. The van der Waals surface area contributed by atoms with Crippen LogP contribution < -0.4 is 10.6 Å². The summed E-state index contributed by atoms with van der Waals surface area (Å²) in [4.78, 5) is 20.8. The quantitative estimate of drug-likeness (QED) is 0.649. The minimum Gasteiger partial charge on any atom is -0.368 e. The summed E-state index contributed by atoms with van der Waals surface area (Å²) in [6.45, 7) is 4.45. The molecule has 7 nitrogen and oxygen atoms in total. The molecule has 2 heterocycles. The third-order valence-electron chi connectivity index (χ3n) is 3.56. The van der Waals surface area contributed by atoms with Gasteiger partial charge in [-0.05, 0) is 26.7 Å². The summed E-state index contributed by atoms with van der Waals surface area (Å²) in [5.41, 5.74) is 5.95.